The van der Waals surface area contributed by atoms with Crippen molar-refractivity contribution in [2.45, 2.75) is 32.6 Å². The summed E-state index contributed by atoms with van der Waals surface area (Å²) >= 11 is 0. The van der Waals surface area contributed by atoms with Crippen LogP contribution >= 0.6 is 0 Å². The molecule has 0 unspecified atom stereocenters. The highest BCUT2D eigenvalue weighted by Gasteiger charge is 2.41. The molecular weight excluding hydrogens is 160 g/mol. The van der Waals surface area contributed by atoms with Crippen molar-refractivity contribution in [3.8, 4) is 0 Å². The molecule has 3 heteroatoms. The molecule has 0 radical (unpaired) electrons. The van der Waals surface area contributed by atoms with Gasteiger partial charge >= 0.3 is 0 Å². The number of halogens is 2. The quantitative estimate of drug-likeness (QED) is 0.626. The average Bonchev–Trinajstić information content (AvgIpc) is 1.97. The first-order chi connectivity index (χ1) is 5.56. The topological polar surface area (TPSA) is 3.24 Å². The lowest BCUT2D eigenvalue weighted by atomic mass is 9.95. The number of rotatable bonds is 2. The zero-order chi connectivity index (χ0) is 9.19. The monoisotopic (exact) mass is 177 g/mol. The summed E-state index contributed by atoms with van der Waals surface area (Å²) in [6.07, 6.45) is 1.59. The number of nitrogens with zero attached hydrogens (tertiary/aromatic N) is 1. The van der Waals surface area contributed by atoms with E-state index in [1.807, 2.05) is 11.8 Å². The Morgan fingerprint density at radius 1 is 1.50 bits per heavy atom. The van der Waals surface area contributed by atoms with Crippen molar-refractivity contribution < 1.29 is 8.78 Å². The Kier molecular flexibility index (Phi) is 3.04. The van der Waals surface area contributed by atoms with Gasteiger partial charge in [-0.15, -0.1) is 0 Å². The number of alkyl halides is 2. The minimum Gasteiger partial charge on any atom is -0.297 e. The highest BCUT2D eigenvalue weighted by molar-refractivity contribution is 4.83. The molecular formula is C9H17F2N. The SMILES string of the molecule is CCCN1CC[C@@H](C)C(F)(F)C1. The second-order valence-corrected chi connectivity index (χ2v) is 3.73. The Morgan fingerprint density at radius 3 is 2.67 bits per heavy atom. The fraction of sp³-hybridized carbons (Fsp3) is 1.00. The fourth-order valence-corrected chi connectivity index (χ4v) is 1.63. The maximum absolute atomic E-state index is 13.1. The molecule has 1 saturated heterocycles. The zero-order valence-electron chi connectivity index (χ0n) is 7.82. The minimum absolute atomic E-state index is 0.0397. The molecule has 1 fully saturated rings. The Labute approximate surface area is 72.7 Å². The van der Waals surface area contributed by atoms with Crippen molar-refractivity contribution >= 4 is 0 Å². The van der Waals surface area contributed by atoms with Gasteiger partial charge in [0.1, 0.15) is 0 Å². The van der Waals surface area contributed by atoms with Gasteiger partial charge in [0, 0.05) is 5.92 Å². The molecule has 0 spiro atoms. The van der Waals surface area contributed by atoms with Crippen molar-refractivity contribution in [3.05, 3.63) is 0 Å². The maximum Gasteiger partial charge on any atom is 0.263 e. The summed E-state index contributed by atoms with van der Waals surface area (Å²) in [5.41, 5.74) is 0. The first-order valence-electron chi connectivity index (χ1n) is 4.66. The fourth-order valence-electron chi connectivity index (χ4n) is 1.63. The summed E-state index contributed by atoms with van der Waals surface area (Å²) in [5.74, 6) is -2.90. The second kappa shape index (κ2) is 3.69. The lowest BCUT2D eigenvalue weighted by Crippen LogP contribution is -2.47. The Hall–Kier alpha value is -0.180. The Balaban J connectivity index is 2.45. The van der Waals surface area contributed by atoms with Crippen molar-refractivity contribution in [1.82, 2.24) is 4.90 Å². The lowest BCUT2D eigenvalue weighted by Gasteiger charge is -2.36. The van der Waals surface area contributed by atoms with Crippen LogP contribution in [0.4, 0.5) is 8.78 Å². The molecule has 1 aliphatic heterocycles. The summed E-state index contributed by atoms with van der Waals surface area (Å²) in [7, 11) is 0. The molecule has 0 amide bonds. The smallest absolute Gasteiger partial charge is 0.263 e. The predicted octanol–water partition coefficient (Wildman–Crippen LogP) is 2.37. The molecule has 1 atom stereocenters. The molecule has 1 heterocycles. The van der Waals surface area contributed by atoms with Gasteiger partial charge in [-0.25, -0.2) is 8.78 Å². The summed E-state index contributed by atoms with van der Waals surface area (Å²) in [6, 6.07) is 0. The van der Waals surface area contributed by atoms with Crippen LogP contribution in [0.25, 0.3) is 0 Å². The molecule has 0 aromatic heterocycles. The van der Waals surface area contributed by atoms with E-state index in [0.29, 0.717) is 6.42 Å². The van der Waals surface area contributed by atoms with Gasteiger partial charge < -0.3 is 0 Å². The van der Waals surface area contributed by atoms with Gasteiger partial charge in [0.05, 0.1) is 6.54 Å². The summed E-state index contributed by atoms with van der Waals surface area (Å²) in [6.45, 7) is 5.27. The number of hydrogen-bond acceptors (Lipinski definition) is 1. The van der Waals surface area contributed by atoms with E-state index in [2.05, 4.69) is 0 Å². The Morgan fingerprint density at radius 2 is 2.17 bits per heavy atom. The van der Waals surface area contributed by atoms with E-state index in [1.54, 1.807) is 6.92 Å². The highest BCUT2D eigenvalue weighted by Crippen LogP contribution is 2.32. The lowest BCUT2D eigenvalue weighted by molar-refractivity contribution is -0.104. The van der Waals surface area contributed by atoms with Crippen LogP contribution in [0, 0.1) is 5.92 Å². The van der Waals surface area contributed by atoms with Crippen LogP contribution in [-0.2, 0) is 0 Å². The van der Waals surface area contributed by atoms with Crippen LogP contribution in [0.5, 0.6) is 0 Å². The standard InChI is InChI=1S/C9H17F2N/c1-3-5-12-6-4-8(2)9(10,11)7-12/h8H,3-7H2,1-2H3/t8-/m1/s1. The van der Waals surface area contributed by atoms with Crippen LogP contribution in [0.2, 0.25) is 0 Å². The molecule has 1 nitrogen and oxygen atoms in total. The molecule has 0 aliphatic carbocycles. The zero-order valence-corrected chi connectivity index (χ0v) is 7.82. The molecule has 72 valence electrons. The molecule has 0 N–H and O–H groups in total. The van der Waals surface area contributed by atoms with E-state index >= 15 is 0 Å². The first kappa shape index (κ1) is 9.90. The van der Waals surface area contributed by atoms with Gasteiger partial charge in [-0.1, -0.05) is 13.8 Å². The van der Waals surface area contributed by atoms with Gasteiger partial charge in [0.2, 0.25) is 0 Å². The van der Waals surface area contributed by atoms with E-state index < -0.39 is 11.8 Å². The minimum atomic E-state index is -2.46. The molecule has 0 aromatic rings. The third kappa shape index (κ3) is 2.16. The highest BCUT2D eigenvalue weighted by atomic mass is 19.3. The summed E-state index contributed by atoms with van der Waals surface area (Å²) in [4.78, 5) is 1.86. The molecule has 0 bridgehead atoms. The molecule has 12 heavy (non-hydrogen) atoms. The molecule has 1 rings (SSSR count). The van der Waals surface area contributed by atoms with Crippen LogP contribution in [0.1, 0.15) is 26.7 Å². The predicted molar refractivity (Wildman–Crippen MR) is 45.5 cm³/mol. The third-order valence-corrected chi connectivity index (χ3v) is 2.57. The first-order valence-corrected chi connectivity index (χ1v) is 4.66. The molecule has 0 aromatic carbocycles. The van der Waals surface area contributed by atoms with Crippen LogP contribution in [0.15, 0.2) is 0 Å². The van der Waals surface area contributed by atoms with Gasteiger partial charge in [0.15, 0.2) is 0 Å². The van der Waals surface area contributed by atoms with E-state index in [-0.39, 0.29) is 6.54 Å². The largest absolute Gasteiger partial charge is 0.297 e. The summed E-state index contributed by atoms with van der Waals surface area (Å²) in [5, 5.41) is 0. The average molecular weight is 177 g/mol. The van der Waals surface area contributed by atoms with Crippen LogP contribution in [-0.4, -0.2) is 30.5 Å². The Bertz CT molecular complexity index is 147. The molecule has 0 saturated carbocycles. The van der Waals surface area contributed by atoms with Crippen LogP contribution < -0.4 is 0 Å². The third-order valence-electron chi connectivity index (χ3n) is 2.57. The van der Waals surface area contributed by atoms with Crippen molar-refractivity contribution in [2.24, 2.45) is 5.92 Å². The van der Waals surface area contributed by atoms with Crippen molar-refractivity contribution in [3.63, 3.8) is 0 Å². The van der Waals surface area contributed by atoms with Gasteiger partial charge in [-0.3, -0.25) is 4.90 Å². The van der Waals surface area contributed by atoms with E-state index in [9.17, 15) is 8.78 Å². The normalized spacial score (nSPS) is 30.5. The van der Waals surface area contributed by atoms with Gasteiger partial charge in [-0.05, 0) is 25.9 Å². The maximum atomic E-state index is 13.1. The van der Waals surface area contributed by atoms with Crippen molar-refractivity contribution in [2.75, 3.05) is 19.6 Å². The van der Waals surface area contributed by atoms with Crippen molar-refractivity contribution in [1.29, 1.82) is 0 Å². The second-order valence-electron chi connectivity index (χ2n) is 3.73. The van der Waals surface area contributed by atoms with Crippen LogP contribution in [0.3, 0.4) is 0 Å². The number of piperidine rings is 1. The molecule has 1 aliphatic rings. The van der Waals surface area contributed by atoms with Gasteiger partial charge in [-0.2, -0.15) is 0 Å². The van der Waals surface area contributed by atoms with E-state index in [1.165, 1.54) is 0 Å². The van der Waals surface area contributed by atoms with Gasteiger partial charge in [0.25, 0.3) is 5.92 Å². The number of hydrogen-bond donors (Lipinski definition) is 0. The number of likely N-dealkylation sites (tertiary alicyclic amines) is 1. The summed E-state index contributed by atoms with van der Waals surface area (Å²) < 4.78 is 26.3. The van der Waals surface area contributed by atoms with E-state index in [0.717, 1.165) is 19.5 Å². The van der Waals surface area contributed by atoms with E-state index in [4.69, 9.17) is 0 Å².